The number of hydrogen-bond acceptors (Lipinski definition) is 6. The maximum atomic E-state index is 10.8. The Kier molecular flexibility index (Phi) is 3.69. The molecule has 0 spiro atoms. The zero-order valence-electron chi connectivity index (χ0n) is 8.80. The summed E-state index contributed by atoms with van der Waals surface area (Å²) in [6, 6.07) is 0.966. The van der Waals surface area contributed by atoms with Gasteiger partial charge in [0.2, 0.25) is 5.75 Å². The number of methoxy groups -OCH3 is 2. The maximum Gasteiger partial charge on any atom is 0.340 e. The second-order valence-electron chi connectivity index (χ2n) is 2.81. The fourth-order valence-corrected chi connectivity index (χ4v) is 1.51. The molecular weight excluding hydrogens is 256 g/mol. The van der Waals surface area contributed by atoms with Crippen LogP contribution in [0.15, 0.2) is 6.07 Å². The maximum absolute atomic E-state index is 10.8. The quantitative estimate of drug-likeness (QED) is 0.608. The number of nitro groups is 2. The van der Waals surface area contributed by atoms with Gasteiger partial charge in [0.25, 0.3) is 5.69 Å². The smallest absolute Gasteiger partial charge is 0.340 e. The van der Waals surface area contributed by atoms with Crippen LogP contribution >= 0.6 is 11.6 Å². The van der Waals surface area contributed by atoms with Crippen molar-refractivity contribution >= 4 is 23.0 Å². The van der Waals surface area contributed by atoms with Gasteiger partial charge in [0.05, 0.1) is 30.1 Å². The Bertz CT molecular complexity index is 489. The van der Waals surface area contributed by atoms with Gasteiger partial charge in [-0.1, -0.05) is 11.6 Å². The van der Waals surface area contributed by atoms with Gasteiger partial charge in [-0.25, -0.2) is 0 Å². The van der Waals surface area contributed by atoms with Crippen molar-refractivity contribution in [2.75, 3.05) is 14.2 Å². The molecule has 0 unspecified atom stereocenters. The number of ether oxygens (including phenoxy) is 2. The summed E-state index contributed by atoms with van der Waals surface area (Å²) < 4.78 is 9.55. The zero-order valence-corrected chi connectivity index (χ0v) is 9.56. The normalized spacial score (nSPS) is 9.82. The van der Waals surface area contributed by atoms with Gasteiger partial charge in [-0.3, -0.25) is 20.2 Å². The highest BCUT2D eigenvalue weighted by Gasteiger charge is 2.32. The molecule has 9 heteroatoms. The zero-order chi connectivity index (χ0) is 13.2. The molecule has 17 heavy (non-hydrogen) atoms. The van der Waals surface area contributed by atoms with E-state index in [2.05, 4.69) is 0 Å². The fourth-order valence-electron chi connectivity index (χ4n) is 1.24. The van der Waals surface area contributed by atoms with Crippen LogP contribution in [0.4, 0.5) is 11.4 Å². The molecule has 0 aromatic heterocycles. The number of rotatable bonds is 4. The molecule has 1 aromatic carbocycles. The third-order valence-corrected chi connectivity index (χ3v) is 2.32. The molecule has 0 saturated carbocycles. The first-order valence-corrected chi connectivity index (χ1v) is 4.55. The van der Waals surface area contributed by atoms with E-state index in [9.17, 15) is 20.2 Å². The predicted octanol–water partition coefficient (Wildman–Crippen LogP) is 2.17. The Morgan fingerprint density at radius 2 is 1.76 bits per heavy atom. The van der Waals surface area contributed by atoms with Gasteiger partial charge < -0.3 is 9.47 Å². The summed E-state index contributed by atoms with van der Waals surface area (Å²) >= 11 is 5.59. The van der Waals surface area contributed by atoms with E-state index in [1.165, 1.54) is 14.2 Å². The summed E-state index contributed by atoms with van der Waals surface area (Å²) in [5, 5.41) is 20.9. The van der Waals surface area contributed by atoms with Crippen LogP contribution < -0.4 is 9.47 Å². The summed E-state index contributed by atoms with van der Waals surface area (Å²) in [5.41, 5.74) is -1.31. The van der Waals surface area contributed by atoms with Crippen molar-refractivity contribution in [1.29, 1.82) is 0 Å². The minimum absolute atomic E-state index is 0.129. The van der Waals surface area contributed by atoms with Crippen LogP contribution in [-0.2, 0) is 0 Å². The molecule has 0 aliphatic rings. The van der Waals surface area contributed by atoms with E-state index >= 15 is 0 Å². The number of benzene rings is 1. The van der Waals surface area contributed by atoms with E-state index < -0.39 is 26.2 Å². The van der Waals surface area contributed by atoms with Crippen LogP contribution in [-0.4, -0.2) is 24.1 Å². The summed E-state index contributed by atoms with van der Waals surface area (Å²) in [5.74, 6) is -0.386. The summed E-state index contributed by atoms with van der Waals surface area (Å²) in [6.07, 6.45) is 0. The lowest BCUT2D eigenvalue weighted by molar-refractivity contribution is -0.394. The van der Waals surface area contributed by atoms with Gasteiger partial charge in [0.1, 0.15) is 0 Å². The molecule has 0 heterocycles. The highest BCUT2D eigenvalue weighted by Crippen LogP contribution is 2.46. The minimum atomic E-state index is -0.864. The number of hydrogen-bond donors (Lipinski definition) is 0. The standard InChI is InChI=1S/C8H7ClN2O6/c1-16-5-3-4(10(12)13)6(9)7(11(14)15)8(5)17-2/h3H,1-2H3. The van der Waals surface area contributed by atoms with E-state index in [0.717, 1.165) is 6.07 Å². The molecule has 1 rings (SSSR count). The lowest BCUT2D eigenvalue weighted by Crippen LogP contribution is -2.01. The first-order valence-electron chi connectivity index (χ1n) is 4.17. The van der Waals surface area contributed by atoms with Crippen molar-refractivity contribution < 1.29 is 19.3 Å². The summed E-state index contributed by atoms with van der Waals surface area (Å²) in [7, 11) is 2.38. The van der Waals surface area contributed by atoms with Gasteiger partial charge in [-0.2, -0.15) is 0 Å². The molecule has 0 N–H and O–H groups in total. The lowest BCUT2D eigenvalue weighted by atomic mass is 10.2. The molecule has 92 valence electrons. The van der Waals surface area contributed by atoms with Crippen molar-refractivity contribution in [2.24, 2.45) is 0 Å². The predicted molar refractivity (Wildman–Crippen MR) is 57.9 cm³/mol. The summed E-state index contributed by atoms with van der Waals surface area (Å²) in [4.78, 5) is 19.8. The molecule has 8 nitrogen and oxygen atoms in total. The highest BCUT2D eigenvalue weighted by atomic mass is 35.5. The largest absolute Gasteiger partial charge is 0.492 e. The van der Waals surface area contributed by atoms with E-state index in [1.807, 2.05) is 0 Å². The molecule has 0 aliphatic carbocycles. The number of nitro benzene ring substituents is 2. The second kappa shape index (κ2) is 4.83. The SMILES string of the molecule is COc1cc([N+](=O)[O-])c(Cl)c([N+](=O)[O-])c1OC. The minimum Gasteiger partial charge on any atom is -0.492 e. The number of halogens is 1. The van der Waals surface area contributed by atoms with Gasteiger partial charge in [-0.05, 0) is 0 Å². The number of nitrogens with zero attached hydrogens (tertiary/aromatic N) is 2. The Hall–Kier alpha value is -2.09. The van der Waals surface area contributed by atoms with E-state index in [0.29, 0.717) is 0 Å². The van der Waals surface area contributed by atoms with Gasteiger partial charge in [0.15, 0.2) is 10.8 Å². The molecule has 0 saturated heterocycles. The van der Waals surface area contributed by atoms with Crippen molar-refractivity contribution in [2.45, 2.75) is 0 Å². The molecule has 0 bridgehead atoms. The molecule has 0 radical (unpaired) electrons. The van der Waals surface area contributed by atoms with Crippen molar-refractivity contribution in [3.63, 3.8) is 0 Å². The second-order valence-corrected chi connectivity index (χ2v) is 3.19. The van der Waals surface area contributed by atoms with Crippen LogP contribution in [0.3, 0.4) is 0 Å². The lowest BCUT2D eigenvalue weighted by Gasteiger charge is -2.08. The average Bonchev–Trinajstić information content (AvgIpc) is 2.26. The van der Waals surface area contributed by atoms with Gasteiger partial charge >= 0.3 is 5.69 Å². The molecule has 0 atom stereocenters. The molecular formula is C8H7ClN2O6. The Morgan fingerprint density at radius 3 is 2.12 bits per heavy atom. The first-order chi connectivity index (χ1) is 7.93. The summed E-state index contributed by atoms with van der Waals surface area (Å²) in [6.45, 7) is 0. The fraction of sp³-hybridized carbons (Fsp3) is 0.250. The van der Waals surface area contributed by atoms with Crippen molar-refractivity contribution in [1.82, 2.24) is 0 Å². The third kappa shape index (κ3) is 2.21. The average molecular weight is 263 g/mol. The van der Waals surface area contributed by atoms with Crippen molar-refractivity contribution in [3.05, 3.63) is 31.3 Å². The molecule has 0 fully saturated rings. The third-order valence-electron chi connectivity index (χ3n) is 1.94. The van der Waals surface area contributed by atoms with Gasteiger partial charge in [-0.15, -0.1) is 0 Å². The Labute approximate surface area is 100.0 Å². The van der Waals surface area contributed by atoms with Crippen LogP contribution in [0.25, 0.3) is 0 Å². The molecule has 0 aliphatic heterocycles. The van der Waals surface area contributed by atoms with E-state index in [1.54, 1.807) is 0 Å². The monoisotopic (exact) mass is 262 g/mol. The van der Waals surface area contributed by atoms with E-state index in [-0.39, 0.29) is 11.5 Å². The van der Waals surface area contributed by atoms with Crippen LogP contribution in [0.1, 0.15) is 0 Å². The molecule has 1 aromatic rings. The topological polar surface area (TPSA) is 105 Å². The highest BCUT2D eigenvalue weighted by molar-refractivity contribution is 6.35. The Balaban J connectivity index is 3.69. The van der Waals surface area contributed by atoms with Crippen LogP contribution in [0, 0.1) is 20.2 Å². The first kappa shape index (κ1) is 13.0. The Morgan fingerprint density at radius 1 is 1.18 bits per heavy atom. The van der Waals surface area contributed by atoms with Crippen molar-refractivity contribution in [3.8, 4) is 11.5 Å². The van der Waals surface area contributed by atoms with E-state index in [4.69, 9.17) is 21.1 Å². The van der Waals surface area contributed by atoms with Crippen LogP contribution in [0.5, 0.6) is 11.5 Å². The van der Waals surface area contributed by atoms with Crippen LogP contribution in [0.2, 0.25) is 5.02 Å². The molecule has 0 amide bonds. The van der Waals surface area contributed by atoms with Gasteiger partial charge in [0, 0.05) is 0 Å².